The van der Waals surface area contributed by atoms with E-state index in [0.717, 1.165) is 15.8 Å². The van der Waals surface area contributed by atoms with Crippen molar-refractivity contribution in [3.05, 3.63) is 99.0 Å². The van der Waals surface area contributed by atoms with Gasteiger partial charge in [0.25, 0.3) is 5.91 Å². The van der Waals surface area contributed by atoms with Crippen molar-refractivity contribution in [1.29, 1.82) is 0 Å². The molecule has 0 saturated carbocycles. The highest BCUT2D eigenvalue weighted by Crippen LogP contribution is 2.32. The maximum atomic E-state index is 13.6. The second kappa shape index (κ2) is 10.6. The average molecular weight is 548 g/mol. The Bertz CT molecular complexity index is 1650. The highest BCUT2D eigenvalue weighted by Gasteiger charge is 2.24. The summed E-state index contributed by atoms with van der Waals surface area (Å²) in [6.07, 6.45) is 0.185. The van der Waals surface area contributed by atoms with Gasteiger partial charge in [0.2, 0.25) is 0 Å². The molecule has 0 unspecified atom stereocenters. The van der Waals surface area contributed by atoms with Gasteiger partial charge in [-0.2, -0.15) is 0 Å². The molecular weight excluding hydrogens is 526 g/mol. The van der Waals surface area contributed by atoms with Gasteiger partial charge < -0.3 is 15.4 Å². The van der Waals surface area contributed by atoms with Crippen molar-refractivity contribution < 1.29 is 19.5 Å². The smallest absolute Gasteiger partial charge is 0.303 e. The second-order valence-electron chi connectivity index (χ2n) is 8.59. The van der Waals surface area contributed by atoms with E-state index >= 15 is 0 Å². The van der Waals surface area contributed by atoms with Crippen LogP contribution in [0.4, 0.5) is 0 Å². The maximum Gasteiger partial charge on any atom is 0.303 e. The molecule has 3 heterocycles. The minimum Gasteiger partial charge on any atom is -0.481 e. The van der Waals surface area contributed by atoms with Gasteiger partial charge in [0, 0.05) is 21.3 Å². The number of aromatic amines is 1. The number of carbonyl (C=O) groups excluding carboxylic acids is 2. The molecule has 0 radical (unpaired) electrons. The van der Waals surface area contributed by atoms with Crippen LogP contribution in [-0.2, 0) is 17.8 Å². The number of aliphatic carboxylic acids is 1. The number of amides is 1. The van der Waals surface area contributed by atoms with Crippen molar-refractivity contribution in [3.8, 4) is 5.00 Å². The summed E-state index contributed by atoms with van der Waals surface area (Å²) in [5.74, 6) is -0.607. The van der Waals surface area contributed by atoms with Crippen LogP contribution in [0, 0.1) is 6.92 Å². The molecule has 0 saturated heterocycles. The summed E-state index contributed by atoms with van der Waals surface area (Å²) < 4.78 is 1.71. The number of carboxylic acids is 1. The van der Waals surface area contributed by atoms with Crippen LogP contribution < -0.4 is 5.32 Å². The first-order chi connectivity index (χ1) is 18.3. The van der Waals surface area contributed by atoms with Crippen LogP contribution in [-0.4, -0.2) is 42.5 Å². The number of halogens is 1. The summed E-state index contributed by atoms with van der Waals surface area (Å²) in [6, 6.07) is 17.8. The molecule has 0 aliphatic carbocycles. The molecule has 0 aliphatic rings. The molecule has 0 aliphatic heterocycles. The molecule has 11 heteroatoms. The molecule has 192 valence electrons. The van der Waals surface area contributed by atoms with E-state index in [9.17, 15) is 14.4 Å². The number of nitrogens with one attached hydrogen (secondary N) is 2. The number of hydrogen-bond acceptors (Lipinski definition) is 6. The summed E-state index contributed by atoms with van der Waals surface area (Å²) in [5.41, 5.74) is 1.95. The van der Waals surface area contributed by atoms with Crippen LogP contribution in [0.25, 0.3) is 15.9 Å². The number of carboxylic acid groups (broad SMARTS) is 1. The monoisotopic (exact) mass is 547 g/mol. The minimum atomic E-state index is -0.931. The van der Waals surface area contributed by atoms with E-state index in [0.29, 0.717) is 38.5 Å². The maximum absolute atomic E-state index is 13.6. The lowest BCUT2D eigenvalue weighted by molar-refractivity contribution is -0.136. The van der Waals surface area contributed by atoms with E-state index in [-0.39, 0.29) is 31.1 Å². The number of H-pyrrole nitrogens is 1. The normalized spacial score (nSPS) is 11.1. The third-order valence-corrected chi connectivity index (χ3v) is 7.50. The lowest BCUT2D eigenvalue weighted by Crippen LogP contribution is -2.25. The van der Waals surface area contributed by atoms with E-state index in [2.05, 4.69) is 20.5 Å². The number of aryl methyl sites for hydroxylation is 2. The van der Waals surface area contributed by atoms with Gasteiger partial charge in [0.1, 0.15) is 16.5 Å². The number of rotatable bonds is 9. The number of ketones is 1. The summed E-state index contributed by atoms with van der Waals surface area (Å²) in [6.45, 7) is 1.80. The number of fused-ring (bicyclic) bond motifs is 1. The molecule has 9 nitrogen and oxygen atoms in total. The number of nitrogens with zero attached hydrogens (tertiary/aromatic N) is 3. The molecule has 38 heavy (non-hydrogen) atoms. The van der Waals surface area contributed by atoms with Crippen molar-refractivity contribution in [2.75, 3.05) is 0 Å². The van der Waals surface area contributed by atoms with Gasteiger partial charge in [-0.25, -0.2) is 0 Å². The van der Waals surface area contributed by atoms with Gasteiger partial charge in [0.05, 0.1) is 23.6 Å². The molecule has 3 aromatic heterocycles. The van der Waals surface area contributed by atoms with Crippen molar-refractivity contribution in [2.45, 2.75) is 26.3 Å². The zero-order valence-corrected chi connectivity index (χ0v) is 21.8. The zero-order valence-electron chi connectivity index (χ0n) is 20.2. The molecular formula is C27H22ClN5O4S. The van der Waals surface area contributed by atoms with E-state index < -0.39 is 5.97 Å². The van der Waals surface area contributed by atoms with Crippen LogP contribution in [0.1, 0.15) is 49.4 Å². The lowest BCUT2D eigenvalue weighted by Gasteiger charge is -2.10. The molecule has 0 fully saturated rings. The number of carbonyl (C=O) groups is 3. The van der Waals surface area contributed by atoms with Gasteiger partial charge in [-0.1, -0.05) is 41.9 Å². The van der Waals surface area contributed by atoms with Crippen molar-refractivity contribution in [2.24, 2.45) is 0 Å². The first-order valence-corrected chi connectivity index (χ1v) is 12.9. The summed E-state index contributed by atoms with van der Waals surface area (Å²) in [5, 5.41) is 22.2. The fraction of sp³-hybridized carbons (Fsp3) is 0.148. The summed E-state index contributed by atoms with van der Waals surface area (Å²) >= 11 is 7.60. The lowest BCUT2D eigenvalue weighted by atomic mass is 10.0. The van der Waals surface area contributed by atoms with Crippen molar-refractivity contribution in [3.63, 3.8) is 0 Å². The predicted octanol–water partition coefficient (Wildman–Crippen LogP) is 4.95. The van der Waals surface area contributed by atoms with Crippen LogP contribution in [0.3, 0.4) is 0 Å². The third kappa shape index (κ3) is 5.09. The van der Waals surface area contributed by atoms with Crippen LogP contribution in [0.2, 0.25) is 5.02 Å². The van der Waals surface area contributed by atoms with Gasteiger partial charge in [-0.3, -0.25) is 19.0 Å². The Morgan fingerprint density at radius 1 is 1.05 bits per heavy atom. The number of hydrogen-bond donors (Lipinski definition) is 3. The van der Waals surface area contributed by atoms with Gasteiger partial charge in [0.15, 0.2) is 11.6 Å². The van der Waals surface area contributed by atoms with Crippen LogP contribution >= 0.6 is 22.9 Å². The van der Waals surface area contributed by atoms with Gasteiger partial charge in [-0.15, -0.1) is 21.5 Å². The number of benzene rings is 2. The SMILES string of the molecule is Cc1nnc(CNC(=O)c2cc3ccccc3[nH]2)n1-c1sc(CCC(=O)O)cc1C(=O)c1ccccc1Cl. The molecule has 1 amide bonds. The number of aromatic nitrogens is 4. The summed E-state index contributed by atoms with van der Waals surface area (Å²) in [7, 11) is 0. The topological polar surface area (TPSA) is 130 Å². The van der Waals surface area contributed by atoms with Crippen molar-refractivity contribution in [1.82, 2.24) is 25.1 Å². The standard InChI is InChI=1S/C27H22ClN5O4S/c1-15-31-32-23(14-29-26(37)22-12-16-6-2-5-9-21(16)30-22)33(15)27-19(13-17(38-27)10-11-24(34)35)25(36)18-7-3-4-8-20(18)28/h2-9,12-13,30H,10-11,14H2,1H3,(H,29,37)(H,34,35). The predicted molar refractivity (Wildman–Crippen MR) is 144 cm³/mol. The Morgan fingerprint density at radius 3 is 2.58 bits per heavy atom. The van der Waals surface area contributed by atoms with Crippen molar-refractivity contribution >= 4 is 51.5 Å². The average Bonchev–Trinajstić information content (AvgIpc) is 3.62. The summed E-state index contributed by atoms with van der Waals surface area (Å²) in [4.78, 5) is 41.4. The molecule has 2 aromatic carbocycles. The van der Waals surface area contributed by atoms with E-state index in [1.807, 2.05) is 24.3 Å². The third-order valence-electron chi connectivity index (χ3n) is 5.99. The Hall–Kier alpha value is -4.28. The Kier molecular flexibility index (Phi) is 7.08. The second-order valence-corrected chi connectivity index (χ2v) is 10.1. The van der Waals surface area contributed by atoms with E-state index in [4.69, 9.17) is 16.7 Å². The Labute approximate surface area is 226 Å². The highest BCUT2D eigenvalue weighted by molar-refractivity contribution is 7.15. The largest absolute Gasteiger partial charge is 0.481 e. The minimum absolute atomic E-state index is 0.0527. The molecule has 5 rings (SSSR count). The quantitative estimate of drug-likeness (QED) is 0.224. The van der Waals surface area contributed by atoms with Gasteiger partial charge in [-0.05, 0) is 43.7 Å². The van der Waals surface area contributed by atoms with E-state index in [1.165, 1.54) is 11.3 Å². The zero-order chi connectivity index (χ0) is 26.8. The first kappa shape index (κ1) is 25.4. The Morgan fingerprint density at radius 2 is 1.82 bits per heavy atom. The molecule has 3 N–H and O–H groups in total. The van der Waals surface area contributed by atoms with Gasteiger partial charge >= 0.3 is 5.97 Å². The molecule has 0 spiro atoms. The Balaban J connectivity index is 1.48. The number of thiophene rings is 1. The number of para-hydroxylation sites is 1. The first-order valence-electron chi connectivity index (χ1n) is 11.7. The fourth-order valence-electron chi connectivity index (χ4n) is 4.14. The van der Waals surface area contributed by atoms with Crippen LogP contribution in [0.5, 0.6) is 0 Å². The fourth-order valence-corrected chi connectivity index (χ4v) is 5.58. The van der Waals surface area contributed by atoms with E-state index in [1.54, 1.807) is 47.9 Å². The molecule has 0 atom stereocenters. The van der Waals surface area contributed by atoms with Crippen LogP contribution in [0.15, 0.2) is 60.7 Å². The molecule has 5 aromatic rings. The highest BCUT2D eigenvalue weighted by atomic mass is 35.5. The molecule has 0 bridgehead atoms.